The lowest BCUT2D eigenvalue weighted by Gasteiger charge is -2.28. The molecule has 1 aliphatic rings. The molecule has 17 heteroatoms. The number of nitrogens with one attached hydrogen (secondary N) is 3. The van der Waals surface area contributed by atoms with E-state index in [-0.39, 0.29) is 18.9 Å². The molecule has 2 aromatic rings. The molecule has 2 amide bonds. The van der Waals surface area contributed by atoms with Crippen molar-refractivity contribution in [3.63, 3.8) is 0 Å². The van der Waals surface area contributed by atoms with Crippen LogP contribution in [0.5, 0.6) is 0 Å². The van der Waals surface area contributed by atoms with Gasteiger partial charge in [-0.1, -0.05) is 27.7 Å². The van der Waals surface area contributed by atoms with Crippen molar-refractivity contribution >= 4 is 24.1 Å². The van der Waals surface area contributed by atoms with Gasteiger partial charge in [0.25, 0.3) is 0 Å². The Morgan fingerprint density at radius 1 is 0.983 bits per heavy atom. The van der Waals surface area contributed by atoms with Crippen molar-refractivity contribution in [1.82, 2.24) is 44.9 Å². The van der Waals surface area contributed by atoms with E-state index in [1.165, 1.54) is 43.4 Å². The predicted molar refractivity (Wildman–Crippen MR) is 229 cm³/mol. The number of rotatable bonds is 15. The number of carbonyl (C=O) groups is 4. The molecular formula is C41H78N10O7. The number of aromatic nitrogens is 4. The summed E-state index contributed by atoms with van der Waals surface area (Å²) >= 11 is 0. The maximum absolute atomic E-state index is 13.3. The third-order valence-corrected chi connectivity index (χ3v) is 7.61. The van der Waals surface area contributed by atoms with Gasteiger partial charge in [0.1, 0.15) is 29.6 Å². The average molecular weight is 823 g/mol. The van der Waals surface area contributed by atoms with Gasteiger partial charge < -0.3 is 50.6 Å². The number of carboxylic acid groups (broad SMARTS) is 1. The van der Waals surface area contributed by atoms with Crippen molar-refractivity contribution in [2.75, 3.05) is 67.5 Å². The van der Waals surface area contributed by atoms with Gasteiger partial charge in [0.15, 0.2) is 0 Å². The number of ether oxygens (including phenoxy) is 2. The number of carbonyl (C=O) groups excluding carboxylic acids is 3. The zero-order chi connectivity index (χ0) is 44.6. The van der Waals surface area contributed by atoms with Crippen molar-refractivity contribution in [1.29, 1.82) is 0 Å². The zero-order valence-electron chi connectivity index (χ0n) is 38.1. The molecule has 3 rings (SSSR count). The number of likely N-dealkylation sites (tertiary alicyclic amines) is 1. The zero-order valence-corrected chi connectivity index (χ0v) is 38.1. The third-order valence-electron chi connectivity index (χ3n) is 7.61. The molecular weight excluding hydrogens is 745 g/mol. The van der Waals surface area contributed by atoms with Crippen LogP contribution in [0.1, 0.15) is 99.9 Å². The summed E-state index contributed by atoms with van der Waals surface area (Å²) in [5.74, 6) is -0.814. The second kappa shape index (κ2) is 27.6. The van der Waals surface area contributed by atoms with E-state index < -0.39 is 47.3 Å². The largest absolute Gasteiger partial charge is 0.480 e. The summed E-state index contributed by atoms with van der Waals surface area (Å²) in [5, 5.41) is 15.5. The number of imidazole rings is 2. The van der Waals surface area contributed by atoms with E-state index >= 15 is 0 Å². The number of nitrogens with two attached hydrogens (primary N) is 1. The normalized spacial score (nSPS) is 15.7. The first-order valence-electron chi connectivity index (χ1n) is 20.3. The molecule has 1 aliphatic heterocycles. The second-order valence-electron chi connectivity index (χ2n) is 17.8. The Bertz CT molecular complexity index is 1420. The van der Waals surface area contributed by atoms with Gasteiger partial charge in [0.2, 0.25) is 5.91 Å². The highest BCUT2D eigenvalue weighted by Crippen LogP contribution is 2.24. The number of aliphatic carboxylic acids is 1. The Morgan fingerprint density at radius 2 is 1.53 bits per heavy atom. The van der Waals surface area contributed by atoms with Crippen LogP contribution in [0.3, 0.4) is 0 Å². The number of carboxylic acids is 1. The highest BCUT2D eigenvalue weighted by atomic mass is 16.6. The number of alkyl carbamates (subject to hydrolysis) is 1. The summed E-state index contributed by atoms with van der Waals surface area (Å²) in [4.78, 5) is 66.3. The van der Waals surface area contributed by atoms with Crippen LogP contribution < -0.4 is 16.4 Å². The SMILES string of the molecule is CC(C)C.CN(C)CCCNCCCN(C)C.C[C@H]1C[C@@H](C(=O)O)N(C(=O)[C@@H](Cc2cn(C(=O)OC(C)(C)C)cn2)NC(=O)OC(C)(C)C)C1.NCCc1cnc[nH]1. The number of amides is 2. The second-order valence-corrected chi connectivity index (χ2v) is 17.8. The van der Waals surface area contributed by atoms with Crippen molar-refractivity contribution in [2.45, 2.75) is 125 Å². The molecule has 3 atom stereocenters. The molecule has 3 heterocycles. The minimum absolute atomic E-state index is 0.00334. The Morgan fingerprint density at radius 3 is 1.98 bits per heavy atom. The molecule has 0 unspecified atom stereocenters. The smallest absolute Gasteiger partial charge is 0.419 e. The van der Waals surface area contributed by atoms with Crippen LogP contribution in [0.2, 0.25) is 0 Å². The van der Waals surface area contributed by atoms with Crippen LogP contribution in [-0.2, 0) is 31.9 Å². The summed E-state index contributed by atoms with van der Waals surface area (Å²) < 4.78 is 11.7. The number of H-pyrrole nitrogens is 1. The summed E-state index contributed by atoms with van der Waals surface area (Å²) in [6.07, 6.45) is 8.30. The molecule has 1 fully saturated rings. The molecule has 0 saturated carbocycles. The van der Waals surface area contributed by atoms with Crippen molar-refractivity contribution in [2.24, 2.45) is 17.6 Å². The molecule has 2 aromatic heterocycles. The van der Waals surface area contributed by atoms with Crippen LogP contribution in [-0.4, -0.2) is 154 Å². The predicted octanol–water partition coefficient (Wildman–Crippen LogP) is 4.48. The molecule has 0 spiro atoms. The van der Waals surface area contributed by atoms with Gasteiger partial charge in [-0.2, -0.15) is 0 Å². The highest BCUT2D eigenvalue weighted by Gasteiger charge is 2.41. The van der Waals surface area contributed by atoms with Gasteiger partial charge in [-0.05, 0) is 134 Å². The first-order chi connectivity index (χ1) is 26.8. The quantitative estimate of drug-likeness (QED) is 0.157. The van der Waals surface area contributed by atoms with Crippen LogP contribution >= 0.6 is 0 Å². The molecule has 17 nitrogen and oxygen atoms in total. The van der Waals surface area contributed by atoms with Gasteiger partial charge in [-0.25, -0.2) is 28.9 Å². The number of hydrogen-bond acceptors (Lipinski definition) is 12. The molecule has 6 N–H and O–H groups in total. The fraction of sp³-hybridized carbons (Fsp3) is 0.756. The topological polar surface area (TPSA) is 213 Å². The van der Waals surface area contributed by atoms with E-state index in [9.17, 15) is 24.3 Å². The fourth-order valence-corrected chi connectivity index (χ4v) is 5.21. The molecule has 0 radical (unpaired) electrons. The molecule has 58 heavy (non-hydrogen) atoms. The lowest BCUT2D eigenvalue weighted by atomic mass is 10.1. The molecule has 0 aromatic carbocycles. The number of hydrogen-bond donors (Lipinski definition) is 5. The van der Waals surface area contributed by atoms with E-state index in [0.29, 0.717) is 18.7 Å². The summed E-state index contributed by atoms with van der Waals surface area (Å²) in [7, 11) is 8.47. The van der Waals surface area contributed by atoms with Crippen molar-refractivity contribution in [3.8, 4) is 0 Å². The van der Waals surface area contributed by atoms with Crippen LogP contribution in [0.25, 0.3) is 0 Å². The van der Waals surface area contributed by atoms with E-state index in [1.807, 2.05) is 6.92 Å². The van der Waals surface area contributed by atoms with E-state index in [2.05, 4.69) is 84.3 Å². The van der Waals surface area contributed by atoms with Gasteiger partial charge in [-0.15, -0.1) is 0 Å². The Hall–Kier alpha value is -4.06. The fourth-order valence-electron chi connectivity index (χ4n) is 5.21. The molecule has 334 valence electrons. The first kappa shape index (κ1) is 53.9. The Kier molecular flexibility index (Phi) is 25.7. The van der Waals surface area contributed by atoms with Gasteiger partial charge >= 0.3 is 18.2 Å². The lowest BCUT2D eigenvalue weighted by molar-refractivity contribution is -0.149. The minimum Gasteiger partial charge on any atom is -0.480 e. The summed E-state index contributed by atoms with van der Waals surface area (Å²) in [6, 6.07) is -2.11. The molecule has 0 aliphatic carbocycles. The monoisotopic (exact) mass is 823 g/mol. The van der Waals surface area contributed by atoms with E-state index in [1.54, 1.807) is 54.1 Å². The van der Waals surface area contributed by atoms with Gasteiger partial charge in [-0.3, -0.25) is 4.79 Å². The maximum atomic E-state index is 13.3. The summed E-state index contributed by atoms with van der Waals surface area (Å²) in [5.41, 5.74) is 5.23. The standard InChI is InChI=1S/C22H34N4O7.C10H25N3.C5H9N3.C4H10/c1-13-8-16(18(28)29)26(10-13)17(27)15(24-19(30)32-21(2,3)4)9-14-11-25(12-23-14)20(31)33-22(5,6)7;1-12(2)9-5-7-11-8-6-10-13(3)4;6-2-1-5-3-7-4-8-5;1-4(2)3/h11-13,15-16H,8-10H2,1-7H3,(H,24,30)(H,28,29);11H,5-10H2,1-4H3;3-4H,1-2,6H2,(H,7,8);4H,1-3H3/t13-,15+,16-;;;/m0.../s1. The first-order valence-corrected chi connectivity index (χ1v) is 20.3. The lowest BCUT2D eigenvalue weighted by Crippen LogP contribution is -2.53. The average Bonchev–Trinajstić information content (AvgIpc) is 3.84. The van der Waals surface area contributed by atoms with Crippen LogP contribution in [0.15, 0.2) is 25.0 Å². The van der Waals surface area contributed by atoms with E-state index in [4.69, 9.17) is 15.2 Å². The van der Waals surface area contributed by atoms with E-state index in [0.717, 1.165) is 35.7 Å². The Labute approximate surface area is 348 Å². The van der Waals surface area contributed by atoms with Gasteiger partial charge in [0.05, 0.1) is 12.0 Å². The maximum Gasteiger partial charge on any atom is 0.419 e. The Balaban J connectivity index is 0.00000105. The minimum atomic E-state index is -1.13. The third kappa shape index (κ3) is 26.8. The van der Waals surface area contributed by atoms with Crippen LogP contribution in [0, 0.1) is 11.8 Å². The molecule has 1 saturated heterocycles. The molecule has 0 bridgehead atoms. The number of aromatic amines is 1. The van der Waals surface area contributed by atoms with Crippen molar-refractivity contribution in [3.05, 3.63) is 36.4 Å². The van der Waals surface area contributed by atoms with Gasteiger partial charge in [0, 0.05) is 37.5 Å². The van der Waals surface area contributed by atoms with Crippen LogP contribution in [0.4, 0.5) is 9.59 Å². The highest BCUT2D eigenvalue weighted by molar-refractivity contribution is 5.90. The summed E-state index contributed by atoms with van der Waals surface area (Å²) in [6.45, 7) is 24.2. The number of nitrogens with zero attached hydrogens (tertiary/aromatic N) is 6. The van der Waals surface area contributed by atoms with Crippen molar-refractivity contribution < 1.29 is 33.8 Å².